The first-order valence-electron chi connectivity index (χ1n) is 7.96. The highest BCUT2D eigenvalue weighted by atomic mass is 16.5. The molecule has 0 bridgehead atoms. The van der Waals surface area contributed by atoms with Crippen molar-refractivity contribution in [2.24, 2.45) is 0 Å². The van der Waals surface area contributed by atoms with E-state index in [-0.39, 0.29) is 18.1 Å². The summed E-state index contributed by atoms with van der Waals surface area (Å²) in [5, 5.41) is 19.0. The van der Waals surface area contributed by atoms with Gasteiger partial charge in [-0.2, -0.15) is 0 Å². The fourth-order valence-corrected chi connectivity index (χ4v) is 3.12. The quantitative estimate of drug-likeness (QED) is 0.682. The number of aliphatic hydroxyl groups is 1. The summed E-state index contributed by atoms with van der Waals surface area (Å²) in [5.41, 5.74) is 3.94. The number of fused-ring (bicyclic) bond motifs is 1. The molecule has 0 fully saturated rings. The van der Waals surface area contributed by atoms with Crippen LogP contribution < -0.4 is 9.64 Å². The molecule has 4 rings (SSSR count). The number of benzene rings is 2. The van der Waals surface area contributed by atoms with Crippen molar-refractivity contribution in [1.82, 2.24) is 9.97 Å². The van der Waals surface area contributed by atoms with Crippen LogP contribution in [0.4, 0.5) is 5.69 Å². The van der Waals surface area contributed by atoms with Gasteiger partial charge in [0.25, 0.3) is 0 Å². The average molecular weight is 334 g/mol. The summed E-state index contributed by atoms with van der Waals surface area (Å²) in [6.07, 6.45) is 0. The average Bonchev–Trinajstić information content (AvgIpc) is 3.14. The van der Waals surface area contributed by atoms with Crippen molar-refractivity contribution >= 4 is 28.1 Å². The number of nitrogens with one attached hydrogen (secondary N) is 2. The van der Waals surface area contributed by atoms with E-state index in [0.717, 1.165) is 28.0 Å². The van der Waals surface area contributed by atoms with E-state index in [2.05, 4.69) is 9.97 Å². The third kappa shape index (κ3) is 2.52. The van der Waals surface area contributed by atoms with E-state index < -0.39 is 0 Å². The molecule has 2 heterocycles. The van der Waals surface area contributed by atoms with Gasteiger partial charge in [-0.15, -0.1) is 0 Å². The minimum Gasteiger partial charge on any atom is -0.509 e. The van der Waals surface area contributed by atoms with Gasteiger partial charge >= 0.3 is 0 Å². The molecule has 6 heteroatoms. The van der Waals surface area contributed by atoms with Crippen molar-refractivity contribution in [3.05, 3.63) is 59.6 Å². The molecule has 1 aromatic heterocycles. The summed E-state index contributed by atoms with van der Waals surface area (Å²) in [6.45, 7) is 2.21. The van der Waals surface area contributed by atoms with Gasteiger partial charge in [-0.05, 0) is 36.8 Å². The first-order chi connectivity index (χ1) is 12.1. The van der Waals surface area contributed by atoms with Crippen LogP contribution in [0, 0.1) is 12.3 Å². The summed E-state index contributed by atoms with van der Waals surface area (Å²) in [4.78, 5) is 9.44. The lowest BCUT2D eigenvalue weighted by Gasteiger charge is -2.20. The summed E-state index contributed by atoms with van der Waals surface area (Å²) >= 11 is 0. The maximum absolute atomic E-state index is 10.5. The number of rotatable bonds is 3. The molecule has 126 valence electrons. The van der Waals surface area contributed by atoms with Crippen LogP contribution in [0.3, 0.4) is 0 Å². The Morgan fingerprint density at radius 3 is 2.80 bits per heavy atom. The molecule has 3 aromatic rings. The van der Waals surface area contributed by atoms with Crippen LogP contribution in [0.5, 0.6) is 5.75 Å². The van der Waals surface area contributed by atoms with Gasteiger partial charge in [-0.1, -0.05) is 12.1 Å². The molecule has 2 aromatic carbocycles. The molecule has 0 unspecified atom stereocenters. The number of ether oxygens (including phenoxy) is 1. The maximum Gasteiger partial charge on any atom is 0.145 e. The number of para-hydroxylation sites is 2. The summed E-state index contributed by atoms with van der Waals surface area (Å²) in [7, 11) is 1.61. The Hall–Kier alpha value is -3.28. The zero-order chi connectivity index (χ0) is 17.6. The molecule has 0 saturated carbocycles. The van der Waals surface area contributed by atoms with Crippen LogP contribution in [0.1, 0.15) is 11.4 Å². The number of anilines is 1. The molecule has 1 aliphatic rings. The van der Waals surface area contributed by atoms with Crippen LogP contribution in [0.25, 0.3) is 16.6 Å². The molecule has 0 saturated heterocycles. The topological polar surface area (TPSA) is 85.2 Å². The standard InChI is InChI=1S/C19H18N4O2/c1-11-7-12(9-13(8-11)25-2)23-10-16(24)17(18(23)20)19-21-14-5-3-4-6-15(14)22-19/h3-9,20,24H,10H2,1-2H3,(H,21,22). The first-order valence-corrected chi connectivity index (χ1v) is 7.96. The van der Waals surface area contributed by atoms with Crippen molar-refractivity contribution in [2.75, 3.05) is 18.6 Å². The number of aromatic nitrogens is 2. The Kier molecular flexibility index (Phi) is 3.46. The molecular formula is C19H18N4O2. The van der Waals surface area contributed by atoms with E-state index in [1.54, 1.807) is 12.0 Å². The van der Waals surface area contributed by atoms with Crippen LogP contribution in [0.15, 0.2) is 48.2 Å². The zero-order valence-electron chi connectivity index (χ0n) is 14.0. The normalized spacial score (nSPS) is 14.6. The Morgan fingerprint density at radius 2 is 2.04 bits per heavy atom. The summed E-state index contributed by atoms with van der Waals surface area (Å²) < 4.78 is 5.32. The molecule has 1 aliphatic heterocycles. The molecule has 0 aliphatic carbocycles. The highest BCUT2D eigenvalue weighted by Gasteiger charge is 2.31. The van der Waals surface area contributed by atoms with E-state index in [4.69, 9.17) is 10.1 Å². The molecule has 0 spiro atoms. The number of hydrogen-bond acceptors (Lipinski definition) is 4. The van der Waals surface area contributed by atoms with E-state index in [9.17, 15) is 5.11 Å². The van der Waals surface area contributed by atoms with E-state index >= 15 is 0 Å². The number of amidine groups is 1. The highest BCUT2D eigenvalue weighted by molar-refractivity contribution is 6.30. The van der Waals surface area contributed by atoms with Crippen LogP contribution in [-0.4, -0.2) is 34.6 Å². The number of aromatic amines is 1. The third-order valence-corrected chi connectivity index (χ3v) is 4.31. The number of nitrogens with zero attached hydrogens (tertiary/aromatic N) is 2. The van der Waals surface area contributed by atoms with Gasteiger partial charge < -0.3 is 19.7 Å². The summed E-state index contributed by atoms with van der Waals surface area (Å²) in [6, 6.07) is 13.4. The van der Waals surface area contributed by atoms with E-state index in [1.165, 1.54) is 0 Å². The van der Waals surface area contributed by atoms with Crippen LogP contribution in [-0.2, 0) is 0 Å². The summed E-state index contributed by atoms with van der Waals surface area (Å²) in [5.74, 6) is 1.57. The maximum atomic E-state index is 10.5. The Balaban J connectivity index is 1.73. The number of H-pyrrole nitrogens is 1. The van der Waals surface area contributed by atoms with Gasteiger partial charge in [0.05, 0.1) is 30.3 Å². The predicted molar refractivity (Wildman–Crippen MR) is 98.4 cm³/mol. The van der Waals surface area contributed by atoms with E-state index in [1.807, 2.05) is 49.4 Å². The lowest BCUT2D eigenvalue weighted by molar-refractivity contribution is 0.410. The van der Waals surface area contributed by atoms with Gasteiger partial charge in [0.2, 0.25) is 0 Å². The minimum absolute atomic E-state index is 0.129. The second kappa shape index (κ2) is 5.66. The largest absolute Gasteiger partial charge is 0.509 e. The number of aryl methyl sites for hydroxylation is 1. The number of hydrogen-bond donors (Lipinski definition) is 3. The van der Waals surface area contributed by atoms with Crippen molar-refractivity contribution in [2.45, 2.75) is 6.92 Å². The van der Waals surface area contributed by atoms with Crippen molar-refractivity contribution in [1.29, 1.82) is 5.41 Å². The number of methoxy groups -OCH3 is 1. The van der Waals surface area contributed by atoms with Gasteiger partial charge in [0.1, 0.15) is 23.2 Å². The van der Waals surface area contributed by atoms with Crippen molar-refractivity contribution in [3.8, 4) is 5.75 Å². The number of imidazole rings is 1. The SMILES string of the molecule is COc1cc(C)cc(N2CC(O)=C(c3nc4ccccc4[nH]3)C2=N)c1. The lowest BCUT2D eigenvalue weighted by Crippen LogP contribution is -2.26. The first kappa shape index (κ1) is 15.3. The van der Waals surface area contributed by atoms with Gasteiger partial charge in [0.15, 0.2) is 0 Å². The Bertz CT molecular complexity index is 986. The zero-order valence-corrected chi connectivity index (χ0v) is 14.0. The fraction of sp³-hybridized carbons (Fsp3) is 0.158. The number of aliphatic hydroxyl groups excluding tert-OH is 1. The van der Waals surface area contributed by atoms with Gasteiger partial charge in [0, 0.05) is 11.8 Å². The second-order valence-electron chi connectivity index (χ2n) is 6.07. The monoisotopic (exact) mass is 334 g/mol. The van der Waals surface area contributed by atoms with Crippen molar-refractivity contribution in [3.63, 3.8) is 0 Å². The second-order valence-corrected chi connectivity index (χ2v) is 6.07. The third-order valence-electron chi connectivity index (χ3n) is 4.31. The molecular weight excluding hydrogens is 316 g/mol. The predicted octanol–water partition coefficient (Wildman–Crippen LogP) is 3.65. The Labute approximate surface area is 144 Å². The minimum atomic E-state index is 0.129. The van der Waals surface area contributed by atoms with Crippen LogP contribution in [0.2, 0.25) is 0 Å². The smallest absolute Gasteiger partial charge is 0.145 e. The van der Waals surface area contributed by atoms with E-state index in [0.29, 0.717) is 11.4 Å². The molecule has 25 heavy (non-hydrogen) atoms. The van der Waals surface area contributed by atoms with Gasteiger partial charge in [-0.25, -0.2) is 4.98 Å². The van der Waals surface area contributed by atoms with Gasteiger partial charge in [-0.3, -0.25) is 5.41 Å². The highest BCUT2D eigenvalue weighted by Crippen LogP contribution is 2.33. The molecule has 6 nitrogen and oxygen atoms in total. The molecule has 0 atom stereocenters. The molecule has 3 N–H and O–H groups in total. The van der Waals surface area contributed by atoms with Crippen molar-refractivity contribution < 1.29 is 9.84 Å². The molecule has 0 amide bonds. The lowest BCUT2D eigenvalue weighted by atomic mass is 10.2. The Morgan fingerprint density at radius 1 is 1.24 bits per heavy atom. The van der Waals surface area contributed by atoms with Crippen LogP contribution >= 0.6 is 0 Å². The fourth-order valence-electron chi connectivity index (χ4n) is 3.12. The molecule has 0 radical (unpaired) electrons.